The summed E-state index contributed by atoms with van der Waals surface area (Å²) in [7, 11) is -2.91. The van der Waals surface area contributed by atoms with Gasteiger partial charge in [0.2, 0.25) is 5.91 Å². The highest BCUT2D eigenvalue weighted by molar-refractivity contribution is 8.00. The Balaban J connectivity index is 2.20. The lowest BCUT2D eigenvalue weighted by Crippen LogP contribution is -2.13. The van der Waals surface area contributed by atoms with Crippen LogP contribution in [0.3, 0.4) is 0 Å². The van der Waals surface area contributed by atoms with Gasteiger partial charge in [0.1, 0.15) is 9.84 Å². The number of carbonyl (C=O) groups excluding carboxylic acids is 1. The topological polar surface area (TPSA) is 89.3 Å². The van der Waals surface area contributed by atoms with Crippen LogP contribution in [0.5, 0.6) is 0 Å². The Bertz CT molecular complexity index is 512. The summed E-state index contributed by atoms with van der Waals surface area (Å²) in [5.41, 5.74) is 6.90. The van der Waals surface area contributed by atoms with Crippen LogP contribution in [-0.2, 0) is 14.6 Å². The molecule has 0 unspecified atom stereocenters. The Kier molecular flexibility index (Phi) is 6.17. The molecule has 0 bridgehead atoms. The van der Waals surface area contributed by atoms with E-state index in [1.54, 1.807) is 24.3 Å². The molecule has 5 nitrogen and oxygen atoms in total. The smallest absolute Gasteiger partial charge is 0.225 e. The van der Waals surface area contributed by atoms with Crippen LogP contribution in [0.2, 0.25) is 0 Å². The number of hydrogen-bond acceptors (Lipinski definition) is 5. The summed E-state index contributed by atoms with van der Waals surface area (Å²) in [4.78, 5) is 11.6. The van der Waals surface area contributed by atoms with Crippen molar-refractivity contribution in [3.05, 3.63) is 24.3 Å². The first-order valence-electron chi connectivity index (χ1n) is 5.78. The van der Waals surface area contributed by atoms with Crippen LogP contribution in [0.25, 0.3) is 0 Å². The Morgan fingerprint density at radius 3 is 2.47 bits per heavy atom. The lowest BCUT2D eigenvalue weighted by atomic mass is 10.3. The standard InChI is InChI=1S/C12H18N2O3S2/c1-19(16,17)9-8-18-7-6-12(15)14-11-4-2-10(13)3-5-11/h2-5H,6-9,13H2,1H3,(H,14,15). The van der Waals surface area contributed by atoms with E-state index >= 15 is 0 Å². The molecule has 0 heterocycles. The summed E-state index contributed by atoms with van der Waals surface area (Å²) in [6, 6.07) is 6.92. The summed E-state index contributed by atoms with van der Waals surface area (Å²) >= 11 is 1.46. The second kappa shape index (κ2) is 7.40. The van der Waals surface area contributed by atoms with Crippen LogP contribution in [0.15, 0.2) is 24.3 Å². The van der Waals surface area contributed by atoms with Crippen LogP contribution in [0.1, 0.15) is 6.42 Å². The first-order valence-corrected chi connectivity index (χ1v) is 8.99. The van der Waals surface area contributed by atoms with Crippen LogP contribution >= 0.6 is 11.8 Å². The highest BCUT2D eigenvalue weighted by atomic mass is 32.2. The summed E-state index contributed by atoms with van der Waals surface area (Å²) in [5, 5.41) is 2.75. The van der Waals surface area contributed by atoms with Crippen molar-refractivity contribution in [2.75, 3.05) is 34.6 Å². The number of nitrogen functional groups attached to an aromatic ring is 1. The number of anilines is 2. The van der Waals surface area contributed by atoms with Crippen molar-refractivity contribution >= 4 is 38.9 Å². The minimum atomic E-state index is -2.91. The van der Waals surface area contributed by atoms with Crippen molar-refractivity contribution in [1.82, 2.24) is 0 Å². The molecule has 106 valence electrons. The maximum Gasteiger partial charge on any atom is 0.225 e. The molecule has 0 aliphatic heterocycles. The number of hydrogen-bond donors (Lipinski definition) is 2. The highest BCUT2D eigenvalue weighted by Crippen LogP contribution is 2.11. The number of nitrogens with one attached hydrogen (secondary N) is 1. The molecule has 0 saturated carbocycles. The van der Waals surface area contributed by atoms with E-state index in [9.17, 15) is 13.2 Å². The zero-order valence-corrected chi connectivity index (χ0v) is 12.4. The number of carbonyl (C=O) groups is 1. The minimum Gasteiger partial charge on any atom is -0.399 e. The van der Waals surface area contributed by atoms with Crippen LogP contribution in [0, 0.1) is 0 Å². The maximum absolute atomic E-state index is 11.6. The van der Waals surface area contributed by atoms with E-state index in [1.165, 1.54) is 18.0 Å². The fraction of sp³-hybridized carbons (Fsp3) is 0.417. The zero-order valence-electron chi connectivity index (χ0n) is 10.8. The quantitative estimate of drug-likeness (QED) is 0.586. The second-order valence-electron chi connectivity index (χ2n) is 4.16. The molecular formula is C12H18N2O3S2. The average molecular weight is 302 g/mol. The van der Waals surface area contributed by atoms with Gasteiger partial charge in [-0.3, -0.25) is 4.79 Å². The molecule has 0 aliphatic rings. The average Bonchev–Trinajstić information content (AvgIpc) is 2.30. The van der Waals surface area contributed by atoms with E-state index in [4.69, 9.17) is 5.73 Å². The van der Waals surface area contributed by atoms with Crippen LogP contribution in [-0.4, -0.2) is 37.8 Å². The van der Waals surface area contributed by atoms with Crippen molar-refractivity contribution in [1.29, 1.82) is 0 Å². The predicted octanol–water partition coefficient (Wildman–Crippen LogP) is 1.38. The number of amides is 1. The van der Waals surface area contributed by atoms with E-state index < -0.39 is 9.84 Å². The lowest BCUT2D eigenvalue weighted by Gasteiger charge is -2.05. The van der Waals surface area contributed by atoms with Gasteiger partial charge >= 0.3 is 0 Å². The Hall–Kier alpha value is -1.21. The molecular weight excluding hydrogens is 284 g/mol. The Morgan fingerprint density at radius 1 is 1.26 bits per heavy atom. The first-order chi connectivity index (χ1) is 8.87. The van der Waals surface area contributed by atoms with Gasteiger partial charge in [0.15, 0.2) is 0 Å². The Morgan fingerprint density at radius 2 is 1.89 bits per heavy atom. The normalized spacial score (nSPS) is 11.2. The molecule has 7 heteroatoms. The molecule has 0 aromatic heterocycles. The van der Waals surface area contributed by atoms with Crippen molar-refractivity contribution in [3.63, 3.8) is 0 Å². The third-order valence-corrected chi connectivity index (χ3v) is 4.46. The number of thioether (sulfide) groups is 1. The maximum atomic E-state index is 11.6. The molecule has 19 heavy (non-hydrogen) atoms. The first kappa shape index (κ1) is 15.8. The minimum absolute atomic E-state index is 0.0865. The number of nitrogens with two attached hydrogens (primary N) is 1. The summed E-state index contributed by atoms with van der Waals surface area (Å²) in [6.07, 6.45) is 1.57. The van der Waals surface area contributed by atoms with Gasteiger partial charge in [-0.25, -0.2) is 8.42 Å². The summed E-state index contributed by atoms with van der Waals surface area (Å²) < 4.78 is 21.8. The molecule has 0 atom stereocenters. The number of benzene rings is 1. The Labute approximate surface area is 117 Å². The van der Waals surface area contributed by atoms with Gasteiger partial charge in [0.05, 0.1) is 5.75 Å². The van der Waals surface area contributed by atoms with Crippen LogP contribution < -0.4 is 11.1 Å². The molecule has 1 rings (SSSR count). The summed E-state index contributed by atoms with van der Waals surface area (Å²) in [6.45, 7) is 0. The number of sulfone groups is 1. The third kappa shape index (κ3) is 7.74. The fourth-order valence-corrected chi connectivity index (χ4v) is 3.48. The van der Waals surface area contributed by atoms with E-state index in [0.717, 1.165) is 0 Å². The van der Waals surface area contributed by atoms with Gasteiger partial charge in [-0.2, -0.15) is 11.8 Å². The number of rotatable bonds is 7. The van der Waals surface area contributed by atoms with Crippen molar-refractivity contribution in [3.8, 4) is 0 Å². The summed E-state index contributed by atoms with van der Waals surface area (Å²) in [5.74, 6) is 1.19. The van der Waals surface area contributed by atoms with E-state index in [2.05, 4.69) is 5.32 Å². The van der Waals surface area contributed by atoms with Gasteiger partial charge in [0, 0.05) is 35.6 Å². The van der Waals surface area contributed by atoms with Crippen molar-refractivity contribution in [2.45, 2.75) is 6.42 Å². The van der Waals surface area contributed by atoms with E-state index in [0.29, 0.717) is 29.3 Å². The highest BCUT2D eigenvalue weighted by Gasteiger charge is 2.04. The van der Waals surface area contributed by atoms with Gasteiger partial charge in [0.25, 0.3) is 0 Å². The van der Waals surface area contributed by atoms with Gasteiger partial charge in [-0.15, -0.1) is 0 Å². The molecule has 0 aliphatic carbocycles. The monoisotopic (exact) mass is 302 g/mol. The van der Waals surface area contributed by atoms with Gasteiger partial charge in [-0.1, -0.05) is 0 Å². The van der Waals surface area contributed by atoms with E-state index in [1.807, 2.05) is 0 Å². The third-order valence-electron chi connectivity index (χ3n) is 2.27. The van der Waals surface area contributed by atoms with Gasteiger partial charge < -0.3 is 11.1 Å². The van der Waals surface area contributed by atoms with Crippen LogP contribution in [0.4, 0.5) is 11.4 Å². The second-order valence-corrected chi connectivity index (χ2v) is 7.65. The largest absolute Gasteiger partial charge is 0.399 e. The van der Waals surface area contributed by atoms with E-state index in [-0.39, 0.29) is 11.7 Å². The van der Waals surface area contributed by atoms with Gasteiger partial charge in [-0.05, 0) is 24.3 Å². The molecule has 0 fully saturated rings. The van der Waals surface area contributed by atoms with Crippen molar-refractivity contribution < 1.29 is 13.2 Å². The molecule has 1 amide bonds. The molecule has 3 N–H and O–H groups in total. The molecule has 0 spiro atoms. The predicted molar refractivity (Wildman–Crippen MR) is 81.1 cm³/mol. The molecule has 1 aromatic carbocycles. The zero-order chi connectivity index (χ0) is 14.3. The molecule has 0 radical (unpaired) electrons. The van der Waals surface area contributed by atoms with Crippen molar-refractivity contribution in [2.24, 2.45) is 0 Å². The molecule has 0 saturated heterocycles. The molecule has 1 aromatic rings. The SMILES string of the molecule is CS(=O)(=O)CCSCCC(=O)Nc1ccc(N)cc1. The lowest BCUT2D eigenvalue weighted by molar-refractivity contribution is -0.115. The fourth-order valence-electron chi connectivity index (χ4n) is 1.27.